The van der Waals surface area contributed by atoms with Crippen molar-refractivity contribution >= 4 is 17.2 Å². The van der Waals surface area contributed by atoms with Crippen LogP contribution in [0.15, 0.2) is 5.38 Å². The molecule has 0 radical (unpaired) electrons. The lowest BCUT2D eigenvalue weighted by molar-refractivity contribution is -0.121. The third-order valence-corrected chi connectivity index (χ3v) is 4.25. The predicted octanol–water partition coefficient (Wildman–Crippen LogP) is 2.55. The summed E-state index contributed by atoms with van der Waals surface area (Å²) in [6.07, 6.45) is 5.48. The van der Waals surface area contributed by atoms with E-state index >= 15 is 0 Å². The molecule has 0 unspecified atom stereocenters. The topological polar surface area (TPSA) is 45.2 Å². The summed E-state index contributed by atoms with van der Waals surface area (Å²) in [6, 6.07) is 0. The van der Waals surface area contributed by atoms with Crippen molar-refractivity contribution < 1.29 is 4.79 Å². The van der Waals surface area contributed by atoms with Crippen molar-refractivity contribution in [3.63, 3.8) is 0 Å². The fourth-order valence-corrected chi connectivity index (χ4v) is 3.06. The van der Waals surface area contributed by atoms with Crippen molar-refractivity contribution in [1.82, 2.24) is 15.2 Å². The van der Waals surface area contributed by atoms with Gasteiger partial charge in [0.15, 0.2) is 0 Å². The molecule has 1 aliphatic rings. The Morgan fingerprint density at radius 3 is 2.95 bits per heavy atom. The molecule has 0 aliphatic carbocycles. The molecule has 2 rings (SSSR count). The van der Waals surface area contributed by atoms with E-state index in [0.717, 1.165) is 23.7 Å². The molecule has 1 fully saturated rings. The first-order valence-electron chi connectivity index (χ1n) is 7.20. The average molecular weight is 281 g/mol. The molecule has 0 aromatic carbocycles. The normalized spacial score (nSPS) is 16.5. The molecular weight excluding hydrogens is 258 g/mol. The zero-order valence-electron chi connectivity index (χ0n) is 11.7. The summed E-state index contributed by atoms with van der Waals surface area (Å²) < 4.78 is 0. The number of nitrogens with one attached hydrogen (secondary N) is 1. The molecular formula is C14H23N3OS. The first-order chi connectivity index (χ1) is 9.28. The highest BCUT2D eigenvalue weighted by Gasteiger charge is 2.12. The van der Waals surface area contributed by atoms with Gasteiger partial charge in [-0.2, -0.15) is 0 Å². The quantitative estimate of drug-likeness (QED) is 0.871. The second-order valence-corrected chi connectivity index (χ2v) is 6.04. The fraction of sp³-hybridized carbons (Fsp3) is 0.714. The van der Waals surface area contributed by atoms with Crippen molar-refractivity contribution in [2.75, 3.05) is 13.1 Å². The Morgan fingerprint density at radius 2 is 2.21 bits per heavy atom. The molecule has 0 saturated carbocycles. The minimum atomic E-state index is 0.121. The standard InChI is InChI=1S/C14H23N3OS/c1-2-6-13(18)15-9-14-16-12(11-19-14)10-17-7-4-3-5-8-17/h11H,2-10H2,1H3,(H,15,18). The number of amides is 1. The van der Waals surface area contributed by atoms with Gasteiger partial charge in [-0.1, -0.05) is 13.3 Å². The first kappa shape index (κ1) is 14.5. The number of rotatable bonds is 6. The molecule has 0 bridgehead atoms. The molecule has 1 aromatic heterocycles. The van der Waals surface area contributed by atoms with Gasteiger partial charge in [-0.3, -0.25) is 9.69 Å². The van der Waals surface area contributed by atoms with Crippen molar-refractivity contribution in [3.05, 3.63) is 16.1 Å². The van der Waals surface area contributed by atoms with Crippen LogP contribution >= 0.6 is 11.3 Å². The van der Waals surface area contributed by atoms with E-state index in [1.807, 2.05) is 6.92 Å². The zero-order valence-corrected chi connectivity index (χ0v) is 12.5. The monoisotopic (exact) mass is 281 g/mol. The zero-order chi connectivity index (χ0) is 13.5. The van der Waals surface area contributed by atoms with E-state index in [1.54, 1.807) is 11.3 Å². The minimum absolute atomic E-state index is 0.121. The number of aromatic nitrogens is 1. The Bertz CT molecular complexity index is 399. The molecule has 1 amide bonds. The van der Waals surface area contributed by atoms with Gasteiger partial charge in [0.05, 0.1) is 12.2 Å². The molecule has 2 heterocycles. The summed E-state index contributed by atoms with van der Waals surface area (Å²) >= 11 is 1.65. The maximum absolute atomic E-state index is 11.4. The highest BCUT2D eigenvalue weighted by Crippen LogP contribution is 2.15. The number of carbonyl (C=O) groups is 1. The van der Waals surface area contributed by atoms with E-state index in [2.05, 4.69) is 20.6 Å². The van der Waals surface area contributed by atoms with Gasteiger partial charge in [-0.15, -0.1) is 11.3 Å². The maximum Gasteiger partial charge on any atom is 0.220 e. The summed E-state index contributed by atoms with van der Waals surface area (Å²) in [5.41, 5.74) is 1.15. The van der Waals surface area contributed by atoms with Gasteiger partial charge in [-0.25, -0.2) is 4.98 Å². The highest BCUT2D eigenvalue weighted by atomic mass is 32.1. The van der Waals surface area contributed by atoms with Crippen LogP contribution in [0.5, 0.6) is 0 Å². The highest BCUT2D eigenvalue weighted by molar-refractivity contribution is 7.09. The van der Waals surface area contributed by atoms with Gasteiger partial charge in [0.2, 0.25) is 5.91 Å². The van der Waals surface area contributed by atoms with Crippen molar-refractivity contribution in [2.45, 2.75) is 52.1 Å². The lowest BCUT2D eigenvalue weighted by Crippen LogP contribution is -2.29. The number of piperidine rings is 1. The lowest BCUT2D eigenvalue weighted by Gasteiger charge is -2.25. The molecule has 0 atom stereocenters. The van der Waals surface area contributed by atoms with E-state index in [-0.39, 0.29) is 5.91 Å². The van der Waals surface area contributed by atoms with Crippen molar-refractivity contribution in [3.8, 4) is 0 Å². The van der Waals surface area contributed by atoms with Crippen LogP contribution in [0, 0.1) is 0 Å². The number of carbonyl (C=O) groups excluding carboxylic acids is 1. The van der Waals surface area contributed by atoms with E-state index in [1.165, 1.54) is 32.4 Å². The lowest BCUT2D eigenvalue weighted by atomic mass is 10.1. The van der Waals surface area contributed by atoms with Crippen LogP contribution in [0.25, 0.3) is 0 Å². The molecule has 5 heteroatoms. The van der Waals surface area contributed by atoms with Gasteiger partial charge in [0, 0.05) is 18.3 Å². The summed E-state index contributed by atoms with van der Waals surface area (Å²) in [5, 5.41) is 6.04. The Balaban J connectivity index is 1.76. The largest absolute Gasteiger partial charge is 0.350 e. The Hall–Kier alpha value is -0.940. The third-order valence-electron chi connectivity index (χ3n) is 3.35. The first-order valence-corrected chi connectivity index (χ1v) is 8.08. The van der Waals surface area contributed by atoms with Gasteiger partial charge in [-0.05, 0) is 32.4 Å². The molecule has 19 heavy (non-hydrogen) atoms. The Kier molecular flexibility index (Phi) is 5.79. The number of hydrogen-bond acceptors (Lipinski definition) is 4. The van der Waals surface area contributed by atoms with Crippen LogP contribution in [0.1, 0.15) is 49.7 Å². The van der Waals surface area contributed by atoms with E-state index in [4.69, 9.17) is 0 Å². The minimum Gasteiger partial charge on any atom is -0.350 e. The molecule has 1 N–H and O–H groups in total. The van der Waals surface area contributed by atoms with Gasteiger partial charge in [0.25, 0.3) is 0 Å². The second-order valence-electron chi connectivity index (χ2n) is 5.10. The van der Waals surface area contributed by atoms with Gasteiger partial charge >= 0.3 is 0 Å². The summed E-state index contributed by atoms with van der Waals surface area (Å²) in [6.45, 7) is 5.93. The second kappa shape index (κ2) is 7.60. The Morgan fingerprint density at radius 1 is 1.42 bits per heavy atom. The summed E-state index contributed by atoms with van der Waals surface area (Å²) in [4.78, 5) is 18.5. The van der Waals surface area contributed by atoms with E-state index in [0.29, 0.717) is 13.0 Å². The van der Waals surface area contributed by atoms with Crippen LogP contribution in [0.2, 0.25) is 0 Å². The van der Waals surface area contributed by atoms with Gasteiger partial charge in [0.1, 0.15) is 5.01 Å². The molecule has 1 aromatic rings. The van der Waals surface area contributed by atoms with E-state index < -0.39 is 0 Å². The van der Waals surface area contributed by atoms with Crippen LogP contribution in [0.4, 0.5) is 0 Å². The average Bonchev–Trinajstić information content (AvgIpc) is 2.86. The third kappa shape index (κ3) is 4.91. The van der Waals surface area contributed by atoms with Crippen LogP contribution in [-0.4, -0.2) is 28.9 Å². The fourth-order valence-electron chi connectivity index (χ4n) is 2.34. The van der Waals surface area contributed by atoms with E-state index in [9.17, 15) is 4.79 Å². The summed E-state index contributed by atoms with van der Waals surface area (Å²) in [5.74, 6) is 0.121. The number of hydrogen-bond donors (Lipinski definition) is 1. The summed E-state index contributed by atoms with van der Waals surface area (Å²) in [7, 11) is 0. The van der Waals surface area contributed by atoms with Crippen LogP contribution in [-0.2, 0) is 17.9 Å². The Labute approximate surface area is 119 Å². The maximum atomic E-state index is 11.4. The van der Waals surface area contributed by atoms with Gasteiger partial charge < -0.3 is 5.32 Å². The molecule has 1 saturated heterocycles. The van der Waals surface area contributed by atoms with Crippen LogP contribution < -0.4 is 5.32 Å². The predicted molar refractivity (Wildman–Crippen MR) is 78.0 cm³/mol. The molecule has 4 nitrogen and oxygen atoms in total. The smallest absolute Gasteiger partial charge is 0.220 e. The van der Waals surface area contributed by atoms with Crippen LogP contribution in [0.3, 0.4) is 0 Å². The molecule has 1 aliphatic heterocycles. The molecule has 0 spiro atoms. The molecule has 106 valence electrons. The number of nitrogens with zero attached hydrogens (tertiary/aromatic N) is 2. The number of likely N-dealkylation sites (tertiary alicyclic amines) is 1. The van der Waals surface area contributed by atoms with Crippen molar-refractivity contribution in [1.29, 1.82) is 0 Å². The number of thiazole rings is 1. The van der Waals surface area contributed by atoms with Crippen molar-refractivity contribution in [2.24, 2.45) is 0 Å². The SMILES string of the molecule is CCCC(=O)NCc1nc(CN2CCCCC2)cs1.